The third-order valence-corrected chi connectivity index (χ3v) is 2.59. The van der Waals surface area contributed by atoms with Gasteiger partial charge >= 0.3 is 0 Å². The van der Waals surface area contributed by atoms with Crippen molar-refractivity contribution in [1.82, 2.24) is 4.90 Å². The Hall–Kier alpha value is -0.610. The first-order chi connectivity index (χ1) is 6.41. The highest BCUT2D eigenvalue weighted by Crippen LogP contribution is 2.07. The van der Waals surface area contributed by atoms with E-state index in [1.165, 1.54) is 0 Å². The van der Waals surface area contributed by atoms with Crippen LogP contribution in [-0.2, 0) is 9.53 Å². The Morgan fingerprint density at radius 2 is 1.93 bits per heavy atom. The van der Waals surface area contributed by atoms with Crippen molar-refractivity contribution in [3.05, 3.63) is 0 Å². The summed E-state index contributed by atoms with van der Waals surface area (Å²) in [6.45, 7) is 6.20. The van der Waals surface area contributed by atoms with Crippen LogP contribution < -0.4 is 5.73 Å². The molecular formula is C10H22N2O2. The van der Waals surface area contributed by atoms with Gasteiger partial charge in [-0.15, -0.1) is 0 Å². The van der Waals surface area contributed by atoms with Gasteiger partial charge in [0.2, 0.25) is 5.91 Å². The molecule has 0 spiro atoms. The van der Waals surface area contributed by atoms with Crippen molar-refractivity contribution >= 4 is 5.91 Å². The molecule has 0 fully saturated rings. The summed E-state index contributed by atoms with van der Waals surface area (Å²) in [5, 5.41) is 0. The number of hydrogen-bond acceptors (Lipinski definition) is 3. The van der Waals surface area contributed by atoms with Crippen molar-refractivity contribution in [1.29, 1.82) is 0 Å². The zero-order valence-electron chi connectivity index (χ0n) is 9.78. The molecule has 0 aliphatic carbocycles. The molecule has 1 amide bonds. The fraction of sp³-hybridized carbons (Fsp3) is 0.900. The highest BCUT2D eigenvalue weighted by atomic mass is 16.5. The molecular weight excluding hydrogens is 180 g/mol. The first kappa shape index (κ1) is 13.4. The number of rotatable bonds is 5. The smallest absolute Gasteiger partial charge is 0.227 e. The Kier molecular flexibility index (Phi) is 5.72. The van der Waals surface area contributed by atoms with Gasteiger partial charge in [-0.1, -0.05) is 6.92 Å². The Bertz CT molecular complexity index is 183. The van der Waals surface area contributed by atoms with Gasteiger partial charge in [-0.25, -0.2) is 0 Å². The molecule has 2 N–H and O–H groups in total. The van der Waals surface area contributed by atoms with Crippen LogP contribution in [0, 0.1) is 5.92 Å². The van der Waals surface area contributed by atoms with Crippen molar-refractivity contribution in [2.75, 3.05) is 20.8 Å². The SMILES string of the molecule is COCC(C)N(C)C(=O)C(C)C(C)N. The van der Waals surface area contributed by atoms with Crippen LogP contribution in [0.5, 0.6) is 0 Å². The van der Waals surface area contributed by atoms with Gasteiger partial charge in [0.25, 0.3) is 0 Å². The number of ether oxygens (including phenoxy) is 1. The molecule has 0 aromatic carbocycles. The van der Waals surface area contributed by atoms with Crippen LogP contribution in [0.2, 0.25) is 0 Å². The highest BCUT2D eigenvalue weighted by Gasteiger charge is 2.23. The molecule has 4 nitrogen and oxygen atoms in total. The fourth-order valence-electron chi connectivity index (χ4n) is 1.12. The van der Waals surface area contributed by atoms with Crippen LogP contribution in [0.25, 0.3) is 0 Å². The second-order valence-electron chi connectivity index (χ2n) is 3.90. The number of carbonyl (C=O) groups is 1. The minimum atomic E-state index is -0.140. The van der Waals surface area contributed by atoms with E-state index in [-0.39, 0.29) is 23.9 Å². The molecule has 0 saturated heterocycles. The number of nitrogens with zero attached hydrogens (tertiary/aromatic N) is 1. The van der Waals surface area contributed by atoms with Crippen molar-refractivity contribution in [3.63, 3.8) is 0 Å². The van der Waals surface area contributed by atoms with Crippen LogP contribution in [0.1, 0.15) is 20.8 Å². The molecule has 0 aliphatic heterocycles. The predicted octanol–water partition coefficient (Wildman–Crippen LogP) is 0.463. The summed E-state index contributed by atoms with van der Waals surface area (Å²) in [4.78, 5) is 13.5. The second kappa shape index (κ2) is 5.98. The Morgan fingerprint density at radius 1 is 1.43 bits per heavy atom. The predicted molar refractivity (Wildman–Crippen MR) is 56.9 cm³/mol. The molecule has 0 rings (SSSR count). The molecule has 0 aliphatic rings. The number of carbonyl (C=O) groups excluding carboxylic acids is 1. The van der Waals surface area contributed by atoms with E-state index in [4.69, 9.17) is 10.5 Å². The van der Waals surface area contributed by atoms with Gasteiger partial charge in [0.15, 0.2) is 0 Å². The zero-order chi connectivity index (χ0) is 11.3. The van der Waals surface area contributed by atoms with Crippen LogP contribution in [0.4, 0.5) is 0 Å². The Morgan fingerprint density at radius 3 is 2.29 bits per heavy atom. The molecule has 0 bridgehead atoms. The highest BCUT2D eigenvalue weighted by molar-refractivity contribution is 5.79. The van der Waals surface area contributed by atoms with Crippen LogP contribution >= 0.6 is 0 Å². The molecule has 84 valence electrons. The first-order valence-electron chi connectivity index (χ1n) is 4.93. The summed E-state index contributed by atoms with van der Waals surface area (Å²) in [6, 6.07) is -0.0200. The lowest BCUT2D eigenvalue weighted by molar-refractivity contribution is -0.136. The van der Waals surface area contributed by atoms with Gasteiger partial charge in [-0.2, -0.15) is 0 Å². The number of hydrogen-bond donors (Lipinski definition) is 1. The summed E-state index contributed by atoms with van der Waals surface area (Å²) < 4.78 is 4.99. The number of likely N-dealkylation sites (N-methyl/N-ethyl adjacent to an activating group) is 1. The van der Waals surface area contributed by atoms with E-state index in [9.17, 15) is 4.79 Å². The monoisotopic (exact) mass is 202 g/mol. The normalized spacial score (nSPS) is 17.3. The van der Waals surface area contributed by atoms with Crippen molar-refractivity contribution in [3.8, 4) is 0 Å². The van der Waals surface area contributed by atoms with Gasteiger partial charge in [0.1, 0.15) is 0 Å². The average Bonchev–Trinajstić information content (AvgIpc) is 2.14. The van der Waals surface area contributed by atoms with Gasteiger partial charge in [-0.05, 0) is 13.8 Å². The van der Waals surface area contributed by atoms with Gasteiger partial charge < -0.3 is 15.4 Å². The lowest BCUT2D eigenvalue weighted by Crippen LogP contribution is -2.45. The third-order valence-electron chi connectivity index (χ3n) is 2.59. The second-order valence-corrected chi connectivity index (χ2v) is 3.90. The molecule has 14 heavy (non-hydrogen) atoms. The summed E-state index contributed by atoms with van der Waals surface area (Å²) in [5.74, 6) is -0.0659. The Balaban J connectivity index is 4.23. The lowest BCUT2D eigenvalue weighted by Gasteiger charge is -2.28. The van der Waals surface area contributed by atoms with E-state index >= 15 is 0 Å². The maximum absolute atomic E-state index is 11.8. The number of nitrogens with two attached hydrogens (primary N) is 1. The Labute approximate surface area is 86.4 Å². The van der Waals surface area contributed by atoms with E-state index in [0.717, 1.165) is 0 Å². The van der Waals surface area contributed by atoms with Gasteiger partial charge in [0, 0.05) is 20.2 Å². The molecule has 3 unspecified atom stereocenters. The fourth-order valence-corrected chi connectivity index (χ4v) is 1.12. The topological polar surface area (TPSA) is 55.6 Å². The minimum Gasteiger partial charge on any atom is -0.383 e. The van der Waals surface area contributed by atoms with E-state index in [2.05, 4.69) is 0 Å². The summed E-state index contributed by atoms with van der Waals surface area (Å²) in [5.41, 5.74) is 5.67. The van der Waals surface area contributed by atoms with Gasteiger partial charge in [-0.3, -0.25) is 4.79 Å². The lowest BCUT2D eigenvalue weighted by atomic mass is 10.0. The standard InChI is InChI=1S/C10H22N2O2/c1-7(6-14-5)12(4)10(13)8(2)9(3)11/h7-9H,6,11H2,1-5H3. The van der Waals surface area contributed by atoms with E-state index in [1.54, 1.807) is 19.1 Å². The van der Waals surface area contributed by atoms with Crippen molar-refractivity contribution < 1.29 is 9.53 Å². The maximum Gasteiger partial charge on any atom is 0.227 e. The molecule has 0 radical (unpaired) electrons. The van der Waals surface area contributed by atoms with E-state index in [1.807, 2.05) is 20.8 Å². The number of amides is 1. The average molecular weight is 202 g/mol. The van der Waals surface area contributed by atoms with Crippen LogP contribution in [0.15, 0.2) is 0 Å². The summed E-state index contributed by atoms with van der Waals surface area (Å²) in [6.07, 6.45) is 0. The molecule has 0 saturated carbocycles. The zero-order valence-corrected chi connectivity index (χ0v) is 9.78. The van der Waals surface area contributed by atoms with Crippen molar-refractivity contribution in [2.24, 2.45) is 11.7 Å². The molecule has 3 atom stereocenters. The maximum atomic E-state index is 11.8. The number of methoxy groups -OCH3 is 1. The largest absolute Gasteiger partial charge is 0.383 e. The quantitative estimate of drug-likeness (QED) is 0.705. The molecule has 0 aromatic heterocycles. The third kappa shape index (κ3) is 3.64. The molecule has 4 heteroatoms. The molecule has 0 heterocycles. The molecule has 0 aromatic rings. The first-order valence-corrected chi connectivity index (χ1v) is 4.93. The summed E-state index contributed by atoms with van der Waals surface area (Å²) in [7, 11) is 3.41. The van der Waals surface area contributed by atoms with Gasteiger partial charge in [0.05, 0.1) is 18.6 Å². The summed E-state index contributed by atoms with van der Waals surface area (Å²) >= 11 is 0. The van der Waals surface area contributed by atoms with Crippen LogP contribution in [0.3, 0.4) is 0 Å². The van der Waals surface area contributed by atoms with Crippen molar-refractivity contribution in [2.45, 2.75) is 32.9 Å². The van der Waals surface area contributed by atoms with Crippen LogP contribution in [-0.4, -0.2) is 43.7 Å². The minimum absolute atomic E-state index is 0.0737. The van der Waals surface area contributed by atoms with E-state index in [0.29, 0.717) is 6.61 Å². The van der Waals surface area contributed by atoms with E-state index < -0.39 is 0 Å².